The van der Waals surface area contributed by atoms with E-state index in [2.05, 4.69) is 26.0 Å². The highest BCUT2D eigenvalue weighted by Crippen LogP contribution is 2.43. The molecule has 8 nitrogen and oxygen atoms in total. The summed E-state index contributed by atoms with van der Waals surface area (Å²) in [6, 6.07) is 0. The third-order valence-electron chi connectivity index (χ3n) is 8.58. The first-order valence-electron chi connectivity index (χ1n) is 19.9. The van der Waals surface area contributed by atoms with E-state index in [9.17, 15) is 14.3 Å². The minimum absolute atomic E-state index is 0.0903. The van der Waals surface area contributed by atoms with E-state index in [-0.39, 0.29) is 25.8 Å². The molecule has 2 unspecified atom stereocenters. The Bertz CT molecular complexity index is 787. The summed E-state index contributed by atoms with van der Waals surface area (Å²) >= 11 is 0. The summed E-state index contributed by atoms with van der Waals surface area (Å²) < 4.78 is 34.6. The minimum Gasteiger partial charge on any atom is -0.457 e. The number of hydrogen-bond acceptors (Lipinski definition) is 6. The monoisotopic (exact) mass is 705 g/mol. The van der Waals surface area contributed by atoms with Crippen LogP contribution in [0.4, 0.5) is 0 Å². The first-order chi connectivity index (χ1) is 23.1. The fourth-order valence-corrected chi connectivity index (χ4v) is 6.17. The summed E-state index contributed by atoms with van der Waals surface area (Å²) in [5.41, 5.74) is 0. The highest BCUT2D eigenvalue weighted by molar-refractivity contribution is 7.47. The molecule has 0 saturated carbocycles. The number of carbonyl (C=O) groups is 1. The Morgan fingerprint density at radius 2 is 1.08 bits per heavy atom. The fraction of sp³-hybridized carbons (Fsp3) is 0.923. The Morgan fingerprint density at radius 1 is 0.625 bits per heavy atom. The van der Waals surface area contributed by atoms with Gasteiger partial charge in [-0.2, -0.15) is 0 Å². The molecule has 0 radical (unpaired) electrons. The molecule has 0 fully saturated rings. The lowest BCUT2D eigenvalue weighted by atomic mass is 10.1. The average molecular weight is 705 g/mol. The quantitative estimate of drug-likeness (QED) is 0.0226. The number of nitrogens with zero attached hydrogens (tertiary/aromatic N) is 1. The van der Waals surface area contributed by atoms with Crippen LogP contribution in [-0.2, 0) is 27.9 Å². The molecule has 0 amide bonds. The fourth-order valence-electron chi connectivity index (χ4n) is 5.43. The number of likely N-dealkylation sites (N-methyl/N-ethyl adjacent to an activating group) is 1. The van der Waals surface area contributed by atoms with Gasteiger partial charge in [0.15, 0.2) is 0 Å². The van der Waals surface area contributed by atoms with Gasteiger partial charge in [0.2, 0.25) is 0 Å². The van der Waals surface area contributed by atoms with Crippen molar-refractivity contribution in [3.8, 4) is 0 Å². The zero-order chi connectivity index (χ0) is 35.6. The van der Waals surface area contributed by atoms with Gasteiger partial charge in [0.05, 0.1) is 34.4 Å². The molecule has 1 N–H and O–H groups in total. The highest BCUT2D eigenvalue weighted by Gasteiger charge is 2.26. The number of allylic oxidation sites excluding steroid dienone is 2. The predicted molar refractivity (Wildman–Crippen MR) is 201 cm³/mol. The Morgan fingerprint density at radius 3 is 1.58 bits per heavy atom. The lowest BCUT2D eigenvalue weighted by Gasteiger charge is -2.24. The molecule has 0 saturated heterocycles. The second-order valence-electron chi connectivity index (χ2n) is 14.7. The van der Waals surface area contributed by atoms with Crippen LogP contribution in [0.25, 0.3) is 0 Å². The summed E-state index contributed by atoms with van der Waals surface area (Å²) in [7, 11) is 1.67. The van der Waals surface area contributed by atoms with Gasteiger partial charge in [0, 0.05) is 13.0 Å². The van der Waals surface area contributed by atoms with Crippen LogP contribution in [0.5, 0.6) is 0 Å². The van der Waals surface area contributed by atoms with E-state index in [1.165, 1.54) is 116 Å². The van der Waals surface area contributed by atoms with Gasteiger partial charge in [-0.1, -0.05) is 142 Å². The molecular weight excluding hydrogens is 625 g/mol. The third-order valence-corrected chi connectivity index (χ3v) is 9.56. The van der Waals surface area contributed by atoms with Crippen molar-refractivity contribution in [2.75, 3.05) is 54.1 Å². The summed E-state index contributed by atoms with van der Waals surface area (Å²) in [6.45, 7) is 5.51. The SMILES string of the molecule is CCCCCCCCCC/C=C\CCCCCCCCCCCCOCC(COP(=O)(O)OCC[N+](C)(C)C)OC(=O)CCCCCC. The molecule has 0 heterocycles. The van der Waals surface area contributed by atoms with Gasteiger partial charge in [-0.05, 0) is 38.5 Å². The Hall–Kier alpha value is -0.760. The van der Waals surface area contributed by atoms with Gasteiger partial charge >= 0.3 is 13.8 Å². The molecule has 0 spiro atoms. The zero-order valence-corrected chi connectivity index (χ0v) is 33.1. The third kappa shape index (κ3) is 36.5. The van der Waals surface area contributed by atoms with Crippen LogP contribution < -0.4 is 0 Å². The number of phosphoric ester groups is 1. The largest absolute Gasteiger partial charge is 0.472 e. The van der Waals surface area contributed by atoms with Crippen molar-refractivity contribution in [3.05, 3.63) is 12.2 Å². The van der Waals surface area contributed by atoms with E-state index in [1.54, 1.807) is 0 Å². The van der Waals surface area contributed by atoms with Gasteiger partial charge in [0.1, 0.15) is 19.3 Å². The summed E-state index contributed by atoms with van der Waals surface area (Å²) in [5.74, 6) is -0.330. The van der Waals surface area contributed by atoms with Gasteiger partial charge in [-0.15, -0.1) is 0 Å². The highest BCUT2D eigenvalue weighted by atomic mass is 31.2. The Labute approximate surface area is 297 Å². The Kier molecular flexibility index (Phi) is 32.9. The van der Waals surface area contributed by atoms with Gasteiger partial charge < -0.3 is 18.9 Å². The number of unbranched alkanes of at least 4 members (excludes halogenated alkanes) is 21. The molecule has 2 atom stereocenters. The van der Waals surface area contributed by atoms with Crippen molar-refractivity contribution in [1.82, 2.24) is 0 Å². The van der Waals surface area contributed by atoms with E-state index in [4.69, 9.17) is 18.5 Å². The van der Waals surface area contributed by atoms with E-state index in [0.717, 1.165) is 38.5 Å². The van der Waals surface area contributed by atoms with Gasteiger partial charge in [-0.3, -0.25) is 13.8 Å². The van der Waals surface area contributed by atoms with E-state index in [0.29, 0.717) is 24.1 Å². The number of quaternary nitrogens is 1. The maximum absolute atomic E-state index is 12.4. The van der Waals surface area contributed by atoms with Gasteiger partial charge in [0.25, 0.3) is 0 Å². The lowest BCUT2D eigenvalue weighted by Crippen LogP contribution is -2.37. The number of ether oxygens (including phenoxy) is 2. The normalized spacial score (nSPS) is 14.0. The number of phosphoric acid groups is 1. The molecular formula is C39H79NO7P+. The topological polar surface area (TPSA) is 91.3 Å². The van der Waals surface area contributed by atoms with Crippen molar-refractivity contribution < 1.29 is 37.3 Å². The molecule has 0 aromatic heterocycles. The Balaban J connectivity index is 3.91. The lowest BCUT2D eigenvalue weighted by molar-refractivity contribution is -0.870. The summed E-state index contributed by atoms with van der Waals surface area (Å²) in [6.07, 6.45) is 34.5. The molecule has 286 valence electrons. The van der Waals surface area contributed by atoms with Crippen LogP contribution in [0.2, 0.25) is 0 Å². The second-order valence-corrected chi connectivity index (χ2v) is 16.1. The van der Waals surface area contributed by atoms with Crippen LogP contribution >= 0.6 is 7.82 Å². The number of hydrogen-bond donors (Lipinski definition) is 1. The molecule has 0 aliphatic carbocycles. The molecule has 0 aliphatic heterocycles. The molecule has 0 aromatic carbocycles. The first-order valence-corrected chi connectivity index (χ1v) is 21.4. The smallest absolute Gasteiger partial charge is 0.457 e. The van der Waals surface area contributed by atoms with Crippen molar-refractivity contribution in [1.29, 1.82) is 0 Å². The number of carbonyl (C=O) groups excluding carboxylic acids is 1. The van der Waals surface area contributed by atoms with Crippen LogP contribution in [-0.4, -0.2) is 75.6 Å². The zero-order valence-electron chi connectivity index (χ0n) is 32.2. The van der Waals surface area contributed by atoms with E-state index in [1.807, 2.05) is 21.1 Å². The van der Waals surface area contributed by atoms with Crippen LogP contribution in [0, 0.1) is 0 Å². The second kappa shape index (κ2) is 33.4. The van der Waals surface area contributed by atoms with Crippen LogP contribution in [0.1, 0.15) is 174 Å². The van der Waals surface area contributed by atoms with Crippen LogP contribution in [0.3, 0.4) is 0 Å². The van der Waals surface area contributed by atoms with Crippen molar-refractivity contribution in [2.45, 2.75) is 180 Å². The summed E-state index contributed by atoms with van der Waals surface area (Å²) in [5, 5.41) is 0. The number of esters is 1. The average Bonchev–Trinajstić information content (AvgIpc) is 3.03. The van der Waals surface area contributed by atoms with E-state index >= 15 is 0 Å². The maximum atomic E-state index is 12.4. The van der Waals surface area contributed by atoms with Crippen LogP contribution in [0.15, 0.2) is 12.2 Å². The molecule has 0 aromatic rings. The maximum Gasteiger partial charge on any atom is 0.472 e. The summed E-state index contributed by atoms with van der Waals surface area (Å²) in [4.78, 5) is 22.4. The molecule has 0 bridgehead atoms. The first kappa shape index (κ1) is 47.2. The molecule has 0 rings (SSSR count). The van der Waals surface area contributed by atoms with Crippen molar-refractivity contribution in [2.24, 2.45) is 0 Å². The standard InChI is InChI=1S/C39H78NO7P/c1-6-8-10-12-13-14-15-16-17-18-19-20-21-22-23-24-25-26-27-28-29-31-34-44-36-38(47-39(41)32-30-11-9-7-2)37-46-48(42,43)45-35-33-40(3,4)5/h18-19,38H,6-17,20-37H2,1-5H3/p+1/b19-18-. The predicted octanol–water partition coefficient (Wildman–Crippen LogP) is 11.1. The molecule has 0 aliphatic rings. The van der Waals surface area contributed by atoms with Crippen molar-refractivity contribution >= 4 is 13.8 Å². The molecule has 9 heteroatoms. The minimum atomic E-state index is -4.25. The van der Waals surface area contributed by atoms with E-state index < -0.39 is 13.9 Å². The molecule has 48 heavy (non-hydrogen) atoms. The van der Waals surface area contributed by atoms with Crippen molar-refractivity contribution in [3.63, 3.8) is 0 Å². The van der Waals surface area contributed by atoms with Gasteiger partial charge in [-0.25, -0.2) is 4.57 Å². The number of rotatable bonds is 37.